The molecule has 1 aliphatic rings. The van der Waals surface area contributed by atoms with Crippen molar-refractivity contribution in [2.24, 2.45) is 5.92 Å². The molecule has 1 fully saturated rings. The molecule has 2 N–H and O–H groups in total. The third-order valence-corrected chi connectivity index (χ3v) is 5.32. The number of fused-ring (bicyclic) bond motifs is 1. The summed E-state index contributed by atoms with van der Waals surface area (Å²) < 4.78 is 13.1. The summed E-state index contributed by atoms with van der Waals surface area (Å²) in [5.74, 6) is -1.58. The van der Waals surface area contributed by atoms with Gasteiger partial charge >= 0.3 is 0 Å². The minimum atomic E-state index is -0.706. The molecule has 28 heavy (non-hydrogen) atoms. The topological polar surface area (TPSA) is 65.2 Å². The molecule has 3 aromatic rings. The van der Waals surface area contributed by atoms with Crippen LogP contribution in [0.3, 0.4) is 0 Å². The van der Waals surface area contributed by atoms with Gasteiger partial charge in [0.2, 0.25) is 11.8 Å². The normalized spacial score (nSPS) is 16.7. The minimum Gasteiger partial charge on any atom is -0.361 e. The molecular weight excluding hydrogens is 381 g/mol. The van der Waals surface area contributed by atoms with Crippen molar-refractivity contribution in [1.82, 2.24) is 10.3 Å². The first-order chi connectivity index (χ1) is 13.5. The molecule has 2 aromatic carbocycles. The summed E-state index contributed by atoms with van der Waals surface area (Å²) >= 11 is 6.06. The molecule has 0 spiro atoms. The summed E-state index contributed by atoms with van der Waals surface area (Å²) in [4.78, 5) is 29.8. The Bertz CT molecular complexity index is 1030. The summed E-state index contributed by atoms with van der Waals surface area (Å²) in [5, 5.41) is 4.55. The van der Waals surface area contributed by atoms with Gasteiger partial charge < -0.3 is 15.2 Å². The lowest BCUT2D eigenvalue weighted by Gasteiger charge is -2.16. The van der Waals surface area contributed by atoms with E-state index in [1.807, 2.05) is 24.4 Å². The standard InChI is InChI=1S/C21H19ClFN3O2/c22-14-1-6-19-18(11-14)13(12-25-19)7-9-24-20(27)17-8-10-26(21(17)28)16-4-2-15(23)3-5-16/h1-6,11-12,17,25H,7-10H2,(H,24,27). The highest BCUT2D eigenvalue weighted by molar-refractivity contribution is 6.31. The number of aromatic amines is 1. The Morgan fingerprint density at radius 1 is 1.25 bits per heavy atom. The number of benzene rings is 2. The van der Waals surface area contributed by atoms with Gasteiger partial charge in [0, 0.05) is 40.9 Å². The quantitative estimate of drug-likeness (QED) is 0.643. The zero-order chi connectivity index (χ0) is 19.7. The number of hydrogen-bond acceptors (Lipinski definition) is 2. The summed E-state index contributed by atoms with van der Waals surface area (Å²) in [6, 6.07) is 11.4. The highest BCUT2D eigenvalue weighted by Gasteiger charge is 2.37. The van der Waals surface area contributed by atoms with Crippen molar-refractivity contribution in [1.29, 1.82) is 0 Å². The summed E-state index contributed by atoms with van der Waals surface area (Å²) in [7, 11) is 0. The van der Waals surface area contributed by atoms with Gasteiger partial charge in [-0.3, -0.25) is 9.59 Å². The van der Waals surface area contributed by atoms with Crippen LogP contribution in [0.15, 0.2) is 48.7 Å². The van der Waals surface area contributed by atoms with Crippen molar-refractivity contribution in [2.75, 3.05) is 18.0 Å². The molecular formula is C21H19ClFN3O2. The fraction of sp³-hybridized carbons (Fsp3) is 0.238. The summed E-state index contributed by atoms with van der Waals surface area (Å²) in [6.45, 7) is 0.877. The number of aromatic nitrogens is 1. The van der Waals surface area contributed by atoms with Crippen molar-refractivity contribution < 1.29 is 14.0 Å². The second-order valence-electron chi connectivity index (χ2n) is 6.85. The maximum atomic E-state index is 13.1. The van der Waals surface area contributed by atoms with E-state index in [1.165, 1.54) is 17.0 Å². The molecule has 5 nitrogen and oxygen atoms in total. The first-order valence-corrected chi connectivity index (χ1v) is 9.51. The van der Waals surface area contributed by atoms with Gasteiger partial charge in [0.05, 0.1) is 0 Å². The Morgan fingerprint density at radius 2 is 2.04 bits per heavy atom. The second kappa shape index (κ2) is 7.64. The maximum absolute atomic E-state index is 13.1. The number of anilines is 1. The van der Waals surface area contributed by atoms with Gasteiger partial charge in [0.15, 0.2) is 0 Å². The van der Waals surface area contributed by atoms with Crippen LogP contribution in [0, 0.1) is 11.7 Å². The number of carbonyl (C=O) groups excluding carboxylic acids is 2. The fourth-order valence-electron chi connectivity index (χ4n) is 3.60. The van der Waals surface area contributed by atoms with Gasteiger partial charge in [-0.05, 0) is 60.9 Å². The monoisotopic (exact) mass is 399 g/mol. The number of hydrogen-bond donors (Lipinski definition) is 2. The zero-order valence-electron chi connectivity index (χ0n) is 15.0. The third-order valence-electron chi connectivity index (χ3n) is 5.08. The van der Waals surface area contributed by atoms with E-state index in [1.54, 1.807) is 12.1 Å². The fourth-order valence-corrected chi connectivity index (χ4v) is 3.77. The smallest absolute Gasteiger partial charge is 0.239 e. The Hall–Kier alpha value is -2.86. The van der Waals surface area contributed by atoms with Crippen LogP contribution in [-0.2, 0) is 16.0 Å². The Balaban J connectivity index is 1.35. The average Bonchev–Trinajstić information content (AvgIpc) is 3.26. The lowest BCUT2D eigenvalue weighted by Crippen LogP contribution is -2.37. The molecule has 1 unspecified atom stereocenters. The molecule has 1 aromatic heterocycles. The van der Waals surface area contributed by atoms with E-state index in [9.17, 15) is 14.0 Å². The Kier molecular flexibility index (Phi) is 5.05. The first-order valence-electron chi connectivity index (χ1n) is 9.13. The maximum Gasteiger partial charge on any atom is 0.239 e. The van der Waals surface area contributed by atoms with Gasteiger partial charge in [-0.2, -0.15) is 0 Å². The van der Waals surface area contributed by atoms with Gasteiger partial charge in [-0.25, -0.2) is 4.39 Å². The highest BCUT2D eigenvalue weighted by Crippen LogP contribution is 2.26. The molecule has 144 valence electrons. The number of halogens is 2. The van der Waals surface area contributed by atoms with Crippen LogP contribution in [-0.4, -0.2) is 29.9 Å². The largest absolute Gasteiger partial charge is 0.361 e. The van der Waals surface area contributed by atoms with E-state index in [0.29, 0.717) is 36.6 Å². The van der Waals surface area contributed by atoms with Crippen LogP contribution < -0.4 is 10.2 Å². The predicted molar refractivity (Wildman–Crippen MR) is 107 cm³/mol. The van der Waals surface area contributed by atoms with E-state index in [4.69, 9.17) is 11.6 Å². The van der Waals surface area contributed by atoms with E-state index in [-0.39, 0.29) is 17.6 Å². The van der Waals surface area contributed by atoms with Crippen molar-refractivity contribution in [3.05, 3.63) is 65.1 Å². The number of amides is 2. The minimum absolute atomic E-state index is 0.247. The SMILES string of the molecule is O=C(NCCc1c[nH]c2ccc(Cl)cc12)C1CCN(c2ccc(F)cc2)C1=O. The van der Waals surface area contributed by atoms with E-state index in [2.05, 4.69) is 10.3 Å². The van der Waals surface area contributed by atoms with Crippen LogP contribution in [0.1, 0.15) is 12.0 Å². The first kappa shape index (κ1) is 18.5. The van der Waals surface area contributed by atoms with Crippen molar-refractivity contribution in [3.8, 4) is 0 Å². The highest BCUT2D eigenvalue weighted by atomic mass is 35.5. The summed E-state index contributed by atoms with van der Waals surface area (Å²) in [6.07, 6.45) is 2.99. The molecule has 2 amide bonds. The molecule has 1 aliphatic heterocycles. The van der Waals surface area contributed by atoms with Crippen LogP contribution in [0.5, 0.6) is 0 Å². The van der Waals surface area contributed by atoms with Crippen LogP contribution >= 0.6 is 11.6 Å². The molecule has 0 radical (unpaired) electrons. The number of nitrogens with zero attached hydrogens (tertiary/aromatic N) is 1. The average molecular weight is 400 g/mol. The Morgan fingerprint density at radius 3 is 2.82 bits per heavy atom. The number of rotatable bonds is 5. The van der Waals surface area contributed by atoms with Gasteiger partial charge in [0.1, 0.15) is 11.7 Å². The third kappa shape index (κ3) is 3.60. The lowest BCUT2D eigenvalue weighted by molar-refractivity contribution is -0.132. The van der Waals surface area contributed by atoms with Crippen LogP contribution in [0.25, 0.3) is 10.9 Å². The molecule has 1 atom stereocenters. The predicted octanol–water partition coefficient (Wildman–Crippen LogP) is 3.67. The van der Waals surface area contributed by atoms with Gasteiger partial charge in [-0.15, -0.1) is 0 Å². The number of nitrogens with one attached hydrogen (secondary N) is 2. The van der Waals surface area contributed by atoms with Crippen molar-refractivity contribution in [3.63, 3.8) is 0 Å². The van der Waals surface area contributed by atoms with Gasteiger partial charge in [-0.1, -0.05) is 11.6 Å². The van der Waals surface area contributed by atoms with E-state index in [0.717, 1.165) is 16.5 Å². The molecule has 0 saturated carbocycles. The zero-order valence-corrected chi connectivity index (χ0v) is 15.8. The van der Waals surface area contributed by atoms with Crippen molar-refractivity contribution in [2.45, 2.75) is 12.8 Å². The van der Waals surface area contributed by atoms with Crippen LogP contribution in [0.4, 0.5) is 10.1 Å². The lowest BCUT2D eigenvalue weighted by atomic mass is 10.1. The molecule has 0 aliphatic carbocycles. The Labute approximate surface area is 166 Å². The van der Waals surface area contributed by atoms with Crippen LogP contribution in [0.2, 0.25) is 5.02 Å². The molecule has 2 heterocycles. The van der Waals surface area contributed by atoms with Gasteiger partial charge in [0.25, 0.3) is 0 Å². The second-order valence-corrected chi connectivity index (χ2v) is 7.29. The molecule has 0 bridgehead atoms. The number of H-pyrrole nitrogens is 1. The molecule has 1 saturated heterocycles. The van der Waals surface area contributed by atoms with E-state index >= 15 is 0 Å². The van der Waals surface area contributed by atoms with E-state index < -0.39 is 5.92 Å². The molecule has 4 rings (SSSR count). The van der Waals surface area contributed by atoms with Crippen molar-refractivity contribution >= 4 is 40.0 Å². The summed E-state index contributed by atoms with van der Waals surface area (Å²) in [5.41, 5.74) is 2.66. The molecule has 7 heteroatoms. The number of carbonyl (C=O) groups is 2.